The molecule has 3 nitrogen and oxygen atoms in total. The second-order valence-electron chi connectivity index (χ2n) is 8.21. The molecule has 0 heterocycles. The minimum atomic E-state index is -3.49. The van der Waals surface area contributed by atoms with Gasteiger partial charge in [-0.25, -0.2) is 4.57 Å². The average molecular weight is 386 g/mol. The van der Waals surface area contributed by atoms with Crippen LogP contribution >= 0.6 is 7.60 Å². The third kappa shape index (κ3) is 5.03. The van der Waals surface area contributed by atoms with Gasteiger partial charge in [0.05, 0.1) is 11.4 Å². The lowest BCUT2D eigenvalue weighted by Gasteiger charge is -2.38. The summed E-state index contributed by atoms with van der Waals surface area (Å²) in [6.07, 6.45) is 3.20. The molecule has 1 aliphatic rings. The van der Waals surface area contributed by atoms with Crippen LogP contribution in [0, 0.1) is 24.7 Å². The van der Waals surface area contributed by atoms with Gasteiger partial charge in [0.25, 0.3) is 0 Å². The maximum atomic E-state index is 14.0. The van der Waals surface area contributed by atoms with E-state index in [-0.39, 0.29) is 6.10 Å². The fourth-order valence-electron chi connectivity index (χ4n) is 3.97. The first-order valence-electron chi connectivity index (χ1n) is 9.97. The molecule has 0 spiro atoms. The molecular formula is C23H31O3P. The molecule has 0 saturated heterocycles. The first kappa shape index (κ1) is 20.2. The predicted octanol–water partition coefficient (Wildman–Crippen LogP) is 6.37. The van der Waals surface area contributed by atoms with Crippen LogP contribution in [0.25, 0.3) is 0 Å². The average Bonchev–Trinajstić information content (AvgIpc) is 2.62. The molecule has 0 aliphatic heterocycles. The Bertz CT molecular complexity index is 787. The summed E-state index contributed by atoms with van der Waals surface area (Å²) in [5.74, 6) is 2.06. The van der Waals surface area contributed by atoms with Crippen LogP contribution in [0.5, 0.6) is 5.75 Å². The third-order valence-electron chi connectivity index (χ3n) is 5.52. The highest BCUT2D eigenvalue weighted by Crippen LogP contribution is 2.52. The van der Waals surface area contributed by atoms with E-state index in [1.807, 2.05) is 61.5 Å². The summed E-state index contributed by atoms with van der Waals surface area (Å²) < 4.78 is 26.4. The van der Waals surface area contributed by atoms with Gasteiger partial charge in [-0.1, -0.05) is 57.5 Å². The minimum absolute atomic E-state index is 0.0513. The molecule has 0 radical (unpaired) electrons. The smallest absolute Gasteiger partial charge is 0.411 e. The third-order valence-corrected chi connectivity index (χ3v) is 7.45. The standard InChI is InChI=1S/C23H31O3P/c1-17(2)22-14-13-19(4)16-23(22)26-27(24,21-11-6-5-7-12-21)25-20-10-8-9-18(3)15-20/h5-12,15,17,19,22-23H,13-14,16H2,1-4H3/t19-,22+,23-,27?/m1/s1. The van der Waals surface area contributed by atoms with E-state index in [0.717, 1.165) is 18.4 Å². The van der Waals surface area contributed by atoms with Gasteiger partial charge in [-0.2, -0.15) is 0 Å². The van der Waals surface area contributed by atoms with E-state index in [1.54, 1.807) is 0 Å². The van der Waals surface area contributed by atoms with Crippen molar-refractivity contribution in [1.82, 2.24) is 0 Å². The molecule has 0 bridgehead atoms. The van der Waals surface area contributed by atoms with Gasteiger partial charge in [-0.05, 0) is 67.3 Å². The van der Waals surface area contributed by atoms with Crippen LogP contribution in [-0.4, -0.2) is 6.10 Å². The summed E-state index contributed by atoms with van der Waals surface area (Å²) in [5.41, 5.74) is 1.07. The Morgan fingerprint density at radius 2 is 1.78 bits per heavy atom. The second-order valence-corrected chi connectivity index (χ2v) is 10.1. The highest BCUT2D eigenvalue weighted by Gasteiger charge is 2.39. The zero-order valence-corrected chi connectivity index (χ0v) is 17.7. The van der Waals surface area contributed by atoms with Crippen LogP contribution in [0.1, 0.15) is 45.6 Å². The molecule has 0 N–H and O–H groups in total. The Kier molecular flexibility index (Phi) is 6.44. The molecule has 1 aliphatic carbocycles. The topological polar surface area (TPSA) is 35.5 Å². The second kappa shape index (κ2) is 8.63. The highest BCUT2D eigenvalue weighted by atomic mass is 31.2. The van der Waals surface area contributed by atoms with Crippen LogP contribution in [0.4, 0.5) is 0 Å². The van der Waals surface area contributed by atoms with E-state index in [9.17, 15) is 4.57 Å². The van der Waals surface area contributed by atoms with Crippen molar-refractivity contribution in [3.63, 3.8) is 0 Å². The summed E-state index contributed by atoms with van der Waals surface area (Å²) >= 11 is 0. The number of rotatable bonds is 6. The van der Waals surface area contributed by atoms with Crippen molar-refractivity contribution >= 4 is 12.9 Å². The largest absolute Gasteiger partial charge is 0.421 e. The Balaban J connectivity index is 1.93. The van der Waals surface area contributed by atoms with Crippen molar-refractivity contribution in [2.75, 3.05) is 0 Å². The molecule has 1 unspecified atom stereocenters. The quantitative estimate of drug-likeness (QED) is 0.541. The first-order chi connectivity index (χ1) is 12.9. The molecule has 2 aromatic carbocycles. The van der Waals surface area contributed by atoms with E-state index < -0.39 is 7.60 Å². The maximum absolute atomic E-state index is 14.0. The number of benzene rings is 2. The van der Waals surface area contributed by atoms with Crippen molar-refractivity contribution in [2.24, 2.45) is 17.8 Å². The van der Waals surface area contributed by atoms with Gasteiger partial charge in [0.15, 0.2) is 0 Å². The molecule has 4 atom stereocenters. The SMILES string of the molecule is Cc1cccc(OP(=O)(O[C@@H]2C[C@H](C)CC[C@H]2C(C)C)c2ccccc2)c1. The molecular weight excluding hydrogens is 355 g/mol. The van der Waals surface area contributed by atoms with E-state index in [0.29, 0.717) is 28.8 Å². The fourth-order valence-corrected chi connectivity index (χ4v) is 5.77. The van der Waals surface area contributed by atoms with Crippen molar-refractivity contribution in [2.45, 2.75) is 53.1 Å². The van der Waals surface area contributed by atoms with Gasteiger partial charge < -0.3 is 4.52 Å². The number of hydrogen-bond donors (Lipinski definition) is 0. The molecule has 2 aromatic rings. The fraction of sp³-hybridized carbons (Fsp3) is 0.478. The summed E-state index contributed by atoms with van der Waals surface area (Å²) in [5, 5.41) is 0.618. The molecule has 1 saturated carbocycles. The molecule has 3 rings (SSSR count). The van der Waals surface area contributed by atoms with E-state index >= 15 is 0 Å². The van der Waals surface area contributed by atoms with Crippen LogP contribution in [0.15, 0.2) is 54.6 Å². The van der Waals surface area contributed by atoms with E-state index in [1.165, 1.54) is 6.42 Å². The van der Waals surface area contributed by atoms with Gasteiger partial charge >= 0.3 is 7.60 Å². The Morgan fingerprint density at radius 1 is 1.04 bits per heavy atom. The molecule has 0 aromatic heterocycles. The monoisotopic (exact) mass is 386 g/mol. The van der Waals surface area contributed by atoms with Crippen LogP contribution in [0.3, 0.4) is 0 Å². The normalized spacial score (nSPS) is 25.1. The lowest BCUT2D eigenvalue weighted by molar-refractivity contribution is 0.0414. The highest BCUT2D eigenvalue weighted by molar-refractivity contribution is 7.62. The summed E-state index contributed by atoms with van der Waals surface area (Å²) in [4.78, 5) is 0. The van der Waals surface area contributed by atoms with Crippen LogP contribution < -0.4 is 9.83 Å². The lowest BCUT2D eigenvalue weighted by Crippen LogP contribution is -2.35. The van der Waals surface area contributed by atoms with Gasteiger partial charge in [0, 0.05) is 0 Å². The van der Waals surface area contributed by atoms with E-state index in [4.69, 9.17) is 9.05 Å². The summed E-state index contributed by atoms with van der Waals surface area (Å²) in [6, 6.07) is 17.0. The Morgan fingerprint density at radius 3 is 2.44 bits per heavy atom. The van der Waals surface area contributed by atoms with Crippen molar-refractivity contribution in [3.8, 4) is 5.75 Å². The van der Waals surface area contributed by atoms with Crippen molar-refractivity contribution in [3.05, 3.63) is 60.2 Å². The number of hydrogen-bond acceptors (Lipinski definition) is 3. The van der Waals surface area contributed by atoms with Gasteiger partial charge in [-0.15, -0.1) is 0 Å². The zero-order chi connectivity index (χ0) is 19.4. The molecule has 4 heteroatoms. The summed E-state index contributed by atoms with van der Waals surface area (Å²) in [6.45, 7) is 8.71. The van der Waals surface area contributed by atoms with Gasteiger partial charge in [0.2, 0.25) is 0 Å². The molecule has 146 valence electrons. The first-order valence-corrected chi connectivity index (χ1v) is 11.5. The Labute approximate surface area is 163 Å². The van der Waals surface area contributed by atoms with Crippen LogP contribution in [-0.2, 0) is 9.09 Å². The zero-order valence-electron chi connectivity index (χ0n) is 16.8. The minimum Gasteiger partial charge on any atom is -0.421 e. The van der Waals surface area contributed by atoms with E-state index in [2.05, 4.69) is 20.8 Å². The summed E-state index contributed by atoms with van der Waals surface area (Å²) in [7, 11) is -3.49. The van der Waals surface area contributed by atoms with Crippen molar-refractivity contribution in [1.29, 1.82) is 0 Å². The maximum Gasteiger partial charge on any atom is 0.411 e. The number of aryl methyl sites for hydroxylation is 1. The molecule has 1 fully saturated rings. The molecule has 0 amide bonds. The lowest BCUT2D eigenvalue weighted by atomic mass is 9.75. The Hall–Kier alpha value is -1.57. The van der Waals surface area contributed by atoms with Crippen LogP contribution in [0.2, 0.25) is 0 Å². The molecule has 27 heavy (non-hydrogen) atoms. The van der Waals surface area contributed by atoms with Gasteiger partial charge in [0.1, 0.15) is 5.75 Å². The predicted molar refractivity (Wildman–Crippen MR) is 112 cm³/mol. The van der Waals surface area contributed by atoms with Crippen molar-refractivity contribution < 1.29 is 13.6 Å². The van der Waals surface area contributed by atoms with Gasteiger partial charge in [-0.3, -0.25) is 4.52 Å².